The van der Waals surface area contributed by atoms with Crippen molar-refractivity contribution in [3.05, 3.63) is 23.8 Å². The Balaban J connectivity index is 2.07. The minimum atomic E-state index is 0.739. The van der Waals surface area contributed by atoms with Gasteiger partial charge in [-0.3, -0.25) is 0 Å². The van der Waals surface area contributed by atoms with Crippen LogP contribution in [-0.4, -0.2) is 37.5 Å². The third-order valence-corrected chi connectivity index (χ3v) is 2.95. The van der Waals surface area contributed by atoms with Crippen molar-refractivity contribution in [2.24, 2.45) is 0 Å². The molecule has 4 heteroatoms. The Morgan fingerprint density at radius 3 is 2.76 bits per heavy atom. The van der Waals surface area contributed by atoms with Gasteiger partial charge in [0.05, 0.1) is 13.2 Å². The summed E-state index contributed by atoms with van der Waals surface area (Å²) in [5.41, 5.74) is 1.25. The van der Waals surface area contributed by atoms with E-state index in [0.29, 0.717) is 0 Å². The van der Waals surface area contributed by atoms with E-state index in [4.69, 9.17) is 9.47 Å². The van der Waals surface area contributed by atoms with Crippen LogP contribution in [0.25, 0.3) is 0 Å². The van der Waals surface area contributed by atoms with E-state index in [2.05, 4.69) is 36.7 Å². The van der Waals surface area contributed by atoms with Crippen molar-refractivity contribution in [2.75, 3.05) is 32.6 Å². The molecule has 1 aliphatic heterocycles. The summed E-state index contributed by atoms with van der Waals surface area (Å²) < 4.78 is 11.3. The topological polar surface area (TPSA) is 21.7 Å². The molecule has 1 heterocycles. The van der Waals surface area contributed by atoms with E-state index in [9.17, 15) is 0 Å². The number of fused-ring (bicyclic) bond motifs is 1. The number of rotatable bonds is 4. The molecule has 0 spiro atoms. The van der Waals surface area contributed by atoms with Crippen LogP contribution >= 0.6 is 12.6 Å². The third kappa shape index (κ3) is 3.54. The first-order valence-corrected chi connectivity index (χ1v) is 6.61. The van der Waals surface area contributed by atoms with Crippen LogP contribution in [0, 0.1) is 0 Å². The first-order chi connectivity index (χ1) is 8.29. The zero-order valence-corrected chi connectivity index (χ0v) is 11.1. The summed E-state index contributed by atoms with van der Waals surface area (Å²) >= 11 is 4.23. The lowest BCUT2D eigenvalue weighted by Crippen LogP contribution is -2.20. The monoisotopic (exact) mass is 253 g/mol. The molecular weight excluding hydrogens is 234 g/mol. The van der Waals surface area contributed by atoms with Crippen LogP contribution in [0.4, 0.5) is 0 Å². The van der Waals surface area contributed by atoms with Gasteiger partial charge in [0.1, 0.15) is 0 Å². The summed E-state index contributed by atoms with van der Waals surface area (Å²) in [6.07, 6.45) is 0.948. The molecule has 1 aromatic rings. The fourth-order valence-electron chi connectivity index (χ4n) is 1.87. The SMILES string of the molecule is CN(CCS)Cc1ccc2c(c1)OCCCO2. The molecule has 0 unspecified atom stereocenters. The van der Waals surface area contributed by atoms with Gasteiger partial charge in [-0.25, -0.2) is 0 Å². The van der Waals surface area contributed by atoms with E-state index in [1.165, 1.54) is 5.56 Å². The molecule has 0 atom stereocenters. The highest BCUT2D eigenvalue weighted by Gasteiger charge is 2.11. The molecule has 0 amide bonds. The molecule has 0 bridgehead atoms. The van der Waals surface area contributed by atoms with Crippen LogP contribution in [0.5, 0.6) is 11.5 Å². The molecule has 1 aromatic carbocycles. The molecule has 0 aromatic heterocycles. The number of benzene rings is 1. The van der Waals surface area contributed by atoms with Crippen molar-refractivity contribution in [3.63, 3.8) is 0 Å². The van der Waals surface area contributed by atoms with Crippen molar-refractivity contribution in [2.45, 2.75) is 13.0 Å². The van der Waals surface area contributed by atoms with Gasteiger partial charge in [0, 0.05) is 25.3 Å². The molecular formula is C13H19NO2S. The van der Waals surface area contributed by atoms with Crippen LogP contribution in [0.1, 0.15) is 12.0 Å². The maximum atomic E-state index is 5.67. The first-order valence-electron chi connectivity index (χ1n) is 5.97. The summed E-state index contributed by atoms with van der Waals surface area (Å²) in [5, 5.41) is 0. The molecule has 2 rings (SSSR count). The zero-order chi connectivity index (χ0) is 12.1. The van der Waals surface area contributed by atoms with Crippen LogP contribution < -0.4 is 9.47 Å². The van der Waals surface area contributed by atoms with E-state index in [-0.39, 0.29) is 0 Å². The molecule has 0 radical (unpaired) electrons. The van der Waals surface area contributed by atoms with Crippen LogP contribution in [0.3, 0.4) is 0 Å². The summed E-state index contributed by atoms with van der Waals surface area (Å²) in [5.74, 6) is 2.61. The quantitative estimate of drug-likeness (QED) is 0.832. The molecule has 0 fully saturated rings. The second kappa shape index (κ2) is 6.17. The minimum absolute atomic E-state index is 0.739. The second-order valence-corrected chi connectivity index (χ2v) is 4.74. The van der Waals surface area contributed by atoms with Gasteiger partial charge in [0.2, 0.25) is 0 Å². The van der Waals surface area contributed by atoms with Crippen LogP contribution in [0.2, 0.25) is 0 Å². The van der Waals surface area contributed by atoms with Gasteiger partial charge in [0.25, 0.3) is 0 Å². The highest BCUT2D eigenvalue weighted by molar-refractivity contribution is 7.80. The molecule has 94 valence electrons. The van der Waals surface area contributed by atoms with E-state index < -0.39 is 0 Å². The predicted molar refractivity (Wildman–Crippen MR) is 72.2 cm³/mol. The summed E-state index contributed by atoms with van der Waals surface area (Å²) in [7, 11) is 2.10. The average molecular weight is 253 g/mol. The van der Waals surface area contributed by atoms with E-state index in [0.717, 1.165) is 50.0 Å². The Morgan fingerprint density at radius 2 is 2.00 bits per heavy atom. The van der Waals surface area contributed by atoms with Crippen molar-refractivity contribution in [1.82, 2.24) is 4.90 Å². The number of ether oxygens (including phenoxy) is 2. The lowest BCUT2D eigenvalue weighted by Gasteiger charge is -2.16. The maximum absolute atomic E-state index is 5.67. The second-order valence-electron chi connectivity index (χ2n) is 4.29. The summed E-state index contributed by atoms with van der Waals surface area (Å²) in [6.45, 7) is 3.38. The molecule has 1 aliphatic rings. The number of hydrogen-bond acceptors (Lipinski definition) is 4. The molecule has 0 saturated heterocycles. The molecule has 0 N–H and O–H groups in total. The Labute approximate surface area is 108 Å². The lowest BCUT2D eigenvalue weighted by atomic mass is 10.2. The van der Waals surface area contributed by atoms with Gasteiger partial charge in [-0.05, 0) is 24.7 Å². The Hall–Kier alpha value is -0.870. The van der Waals surface area contributed by atoms with Gasteiger partial charge >= 0.3 is 0 Å². The average Bonchev–Trinajstić information content (AvgIpc) is 2.53. The van der Waals surface area contributed by atoms with Crippen LogP contribution in [-0.2, 0) is 6.54 Å². The maximum Gasteiger partial charge on any atom is 0.161 e. The van der Waals surface area contributed by atoms with Crippen molar-refractivity contribution in [1.29, 1.82) is 0 Å². The van der Waals surface area contributed by atoms with E-state index in [1.54, 1.807) is 0 Å². The number of hydrogen-bond donors (Lipinski definition) is 1. The first kappa shape index (κ1) is 12.6. The Kier molecular flexibility index (Phi) is 4.57. The number of thiol groups is 1. The van der Waals surface area contributed by atoms with Crippen molar-refractivity contribution >= 4 is 12.6 Å². The normalized spacial score (nSPS) is 14.8. The van der Waals surface area contributed by atoms with E-state index in [1.807, 2.05) is 6.07 Å². The lowest BCUT2D eigenvalue weighted by molar-refractivity contribution is 0.296. The fourth-order valence-corrected chi connectivity index (χ4v) is 2.21. The van der Waals surface area contributed by atoms with Gasteiger partial charge in [-0.1, -0.05) is 6.07 Å². The minimum Gasteiger partial charge on any atom is -0.490 e. The molecule has 3 nitrogen and oxygen atoms in total. The molecule has 0 saturated carbocycles. The highest BCUT2D eigenvalue weighted by Crippen LogP contribution is 2.30. The van der Waals surface area contributed by atoms with Gasteiger partial charge in [-0.15, -0.1) is 0 Å². The molecule has 0 aliphatic carbocycles. The summed E-state index contributed by atoms with van der Waals surface area (Å²) in [6, 6.07) is 6.18. The zero-order valence-electron chi connectivity index (χ0n) is 10.2. The Bertz CT molecular complexity index is 370. The third-order valence-electron chi connectivity index (χ3n) is 2.75. The molecule has 17 heavy (non-hydrogen) atoms. The van der Waals surface area contributed by atoms with Gasteiger partial charge in [0.15, 0.2) is 11.5 Å². The Morgan fingerprint density at radius 1 is 1.24 bits per heavy atom. The van der Waals surface area contributed by atoms with Gasteiger partial charge < -0.3 is 14.4 Å². The predicted octanol–water partition coefficient (Wildman–Crippen LogP) is 2.21. The van der Waals surface area contributed by atoms with Crippen molar-refractivity contribution in [3.8, 4) is 11.5 Å². The van der Waals surface area contributed by atoms with Gasteiger partial charge in [-0.2, -0.15) is 12.6 Å². The fraction of sp³-hybridized carbons (Fsp3) is 0.538. The smallest absolute Gasteiger partial charge is 0.161 e. The van der Waals surface area contributed by atoms with E-state index >= 15 is 0 Å². The van der Waals surface area contributed by atoms with Crippen molar-refractivity contribution < 1.29 is 9.47 Å². The number of nitrogens with zero attached hydrogens (tertiary/aromatic N) is 1. The van der Waals surface area contributed by atoms with Crippen LogP contribution in [0.15, 0.2) is 18.2 Å². The highest BCUT2D eigenvalue weighted by atomic mass is 32.1. The standard InChI is InChI=1S/C13H19NO2S/c1-14(5-8-17)10-11-3-4-12-13(9-11)16-7-2-6-15-12/h3-4,9,17H,2,5-8,10H2,1H3. The largest absolute Gasteiger partial charge is 0.490 e. The summed E-state index contributed by atoms with van der Waals surface area (Å²) in [4.78, 5) is 2.24.